The molecule has 0 aliphatic heterocycles. The van der Waals surface area contributed by atoms with E-state index in [1.165, 1.54) is 10.9 Å². The third-order valence-corrected chi connectivity index (χ3v) is 4.20. The number of para-hydroxylation sites is 1. The van der Waals surface area contributed by atoms with Crippen molar-refractivity contribution in [1.82, 2.24) is 9.55 Å². The van der Waals surface area contributed by atoms with Gasteiger partial charge in [0.15, 0.2) is 0 Å². The molecule has 0 radical (unpaired) electrons. The molecule has 23 heavy (non-hydrogen) atoms. The maximum Gasteiger partial charge on any atom is 0.226 e. The lowest BCUT2D eigenvalue weighted by Crippen LogP contribution is -1.99. The van der Waals surface area contributed by atoms with Crippen LogP contribution in [0.5, 0.6) is 0 Å². The molecule has 0 amide bonds. The van der Waals surface area contributed by atoms with Crippen LogP contribution in [0.4, 0.5) is 0 Å². The van der Waals surface area contributed by atoms with Gasteiger partial charge < -0.3 is 8.98 Å². The predicted molar refractivity (Wildman–Crippen MR) is 92.7 cm³/mol. The van der Waals surface area contributed by atoms with Gasteiger partial charge in [0.05, 0.1) is 6.54 Å². The first-order valence-corrected chi connectivity index (χ1v) is 7.84. The summed E-state index contributed by atoms with van der Waals surface area (Å²) in [7, 11) is 0. The zero-order valence-corrected chi connectivity index (χ0v) is 13.4. The van der Waals surface area contributed by atoms with E-state index in [0.29, 0.717) is 17.5 Å². The molecule has 2 aromatic heterocycles. The maximum absolute atomic E-state index is 6.05. The summed E-state index contributed by atoms with van der Waals surface area (Å²) in [6, 6.07) is 18.0. The second-order valence-electron chi connectivity index (χ2n) is 5.53. The number of halogens is 1. The monoisotopic (exact) mass is 322 g/mol. The first kappa shape index (κ1) is 14.1. The van der Waals surface area contributed by atoms with Crippen LogP contribution in [0.15, 0.2) is 65.2 Å². The number of oxazole rings is 1. The van der Waals surface area contributed by atoms with E-state index in [2.05, 4.69) is 33.9 Å². The van der Waals surface area contributed by atoms with E-state index in [4.69, 9.17) is 16.0 Å². The Balaban J connectivity index is 1.70. The number of benzene rings is 2. The van der Waals surface area contributed by atoms with Gasteiger partial charge in [-0.3, -0.25) is 0 Å². The molecule has 0 saturated carbocycles. The zero-order chi connectivity index (χ0) is 15.8. The highest BCUT2D eigenvalue weighted by atomic mass is 35.5. The average molecular weight is 323 g/mol. The van der Waals surface area contributed by atoms with E-state index in [1.54, 1.807) is 0 Å². The van der Waals surface area contributed by atoms with E-state index >= 15 is 0 Å². The Morgan fingerprint density at radius 2 is 1.96 bits per heavy atom. The average Bonchev–Trinajstić information content (AvgIpc) is 3.13. The van der Waals surface area contributed by atoms with Gasteiger partial charge in [-0.05, 0) is 42.6 Å². The van der Waals surface area contributed by atoms with Gasteiger partial charge in [0, 0.05) is 22.3 Å². The molecule has 4 aromatic rings. The van der Waals surface area contributed by atoms with Gasteiger partial charge >= 0.3 is 0 Å². The van der Waals surface area contributed by atoms with Crippen LogP contribution in [0, 0.1) is 6.92 Å². The molecule has 0 aliphatic rings. The minimum atomic E-state index is 0.608. The minimum absolute atomic E-state index is 0.608. The number of aryl methyl sites for hydroxylation is 1. The second-order valence-corrected chi connectivity index (χ2v) is 5.97. The van der Waals surface area contributed by atoms with Crippen molar-refractivity contribution in [3.8, 4) is 11.5 Å². The first-order chi connectivity index (χ1) is 11.2. The summed E-state index contributed by atoms with van der Waals surface area (Å²) in [6.45, 7) is 2.63. The van der Waals surface area contributed by atoms with Crippen LogP contribution in [-0.2, 0) is 6.54 Å². The highest BCUT2D eigenvalue weighted by molar-refractivity contribution is 6.30. The molecule has 114 valence electrons. The van der Waals surface area contributed by atoms with E-state index in [1.807, 2.05) is 43.3 Å². The van der Waals surface area contributed by atoms with Crippen molar-refractivity contribution >= 4 is 22.5 Å². The van der Waals surface area contributed by atoms with Gasteiger partial charge in [-0.2, -0.15) is 0 Å². The van der Waals surface area contributed by atoms with Crippen molar-refractivity contribution in [1.29, 1.82) is 0 Å². The third kappa shape index (κ3) is 2.64. The molecular formula is C19H15ClN2O. The lowest BCUT2D eigenvalue weighted by Gasteiger charge is -2.03. The van der Waals surface area contributed by atoms with Crippen LogP contribution in [0.25, 0.3) is 22.4 Å². The van der Waals surface area contributed by atoms with Crippen LogP contribution in [0.2, 0.25) is 5.02 Å². The lowest BCUT2D eigenvalue weighted by atomic mass is 10.2. The fraction of sp³-hybridized carbons (Fsp3) is 0.105. The van der Waals surface area contributed by atoms with Crippen molar-refractivity contribution in [2.24, 2.45) is 0 Å². The smallest absolute Gasteiger partial charge is 0.226 e. The quantitative estimate of drug-likeness (QED) is 0.512. The Kier molecular flexibility index (Phi) is 3.43. The molecule has 0 fully saturated rings. The number of hydrogen-bond acceptors (Lipinski definition) is 2. The largest absolute Gasteiger partial charge is 0.441 e. The highest BCUT2D eigenvalue weighted by Crippen LogP contribution is 2.25. The van der Waals surface area contributed by atoms with E-state index in [9.17, 15) is 0 Å². The fourth-order valence-electron chi connectivity index (χ4n) is 2.76. The molecule has 0 unspecified atom stereocenters. The standard InChI is InChI=1S/C19H15ClN2O/c1-13-17(12-22-10-9-14-5-2-3-8-18(14)22)21-19(23-13)15-6-4-7-16(20)11-15/h2-11H,12H2,1H3. The van der Waals surface area contributed by atoms with Gasteiger partial charge in [0.25, 0.3) is 0 Å². The molecule has 0 saturated heterocycles. The molecule has 2 heterocycles. The molecular weight excluding hydrogens is 308 g/mol. The number of aromatic nitrogens is 2. The minimum Gasteiger partial charge on any atom is -0.441 e. The van der Waals surface area contributed by atoms with E-state index in [0.717, 1.165) is 17.0 Å². The van der Waals surface area contributed by atoms with Crippen LogP contribution in [0.1, 0.15) is 11.5 Å². The number of fused-ring (bicyclic) bond motifs is 1. The SMILES string of the molecule is Cc1oc(-c2cccc(Cl)c2)nc1Cn1ccc2ccccc21. The van der Waals surface area contributed by atoms with Crippen LogP contribution >= 0.6 is 11.6 Å². The lowest BCUT2D eigenvalue weighted by molar-refractivity contribution is 0.538. The second kappa shape index (κ2) is 5.60. The molecule has 2 aromatic carbocycles. The molecule has 4 rings (SSSR count). The van der Waals surface area contributed by atoms with Crippen LogP contribution in [0.3, 0.4) is 0 Å². The summed E-state index contributed by atoms with van der Waals surface area (Å²) in [4.78, 5) is 4.66. The summed E-state index contributed by atoms with van der Waals surface area (Å²) in [5.41, 5.74) is 3.02. The Hall–Kier alpha value is -2.52. The first-order valence-electron chi connectivity index (χ1n) is 7.47. The molecule has 4 heteroatoms. The Morgan fingerprint density at radius 1 is 1.09 bits per heavy atom. The Morgan fingerprint density at radius 3 is 2.83 bits per heavy atom. The van der Waals surface area contributed by atoms with Crippen LogP contribution in [-0.4, -0.2) is 9.55 Å². The van der Waals surface area contributed by atoms with Gasteiger partial charge in [-0.25, -0.2) is 4.98 Å². The van der Waals surface area contributed by atoms with Crippen molar-refractivity contribution < 1.29 is 4.42 Å². The number of rotatable bonds is 3. The molecule has 0 N–H and O–H groups in total. The summed E-state index contributed by atoms with van der Waals surface area (Å²) < 4.78 is 8.02. The molecule has 0 bridgehead atoms. The maximum atomic E-state index is 6.05. The van der Waals surface area contributed by atoms with Crippen molar-refractivity contribution in [3.63, 3.8) is 0 Å². The molecule has 0 aliphatic carbocycles. The third-order valence-electron chi connectivity index (χ3n) is 3.96. The van der Waals surface area contributed by atoms with Gasteiger partial charge in [-0.15, -0.1) is 0 Å². The van der Waals surface area contributed by atoms with Crippen molar-refractivity contribution in [3.05, 3.63) is 77.3 Å². The highest BCUT2D eigenvalue weighted by Gasteiger charge is 2.13. The van der Waals surface area contributed by atoms with Gasteiger partial charge in [0.2, 0.25) is 5.89 Å². The van der Waals surface area contributed by atoms with E-state index < -0.39 is 0 Å². The molecule has 3 nitrogen and oxygen atoms in total. The molecule has 0 atom stereocenters. The zero-order valence-electron chi connectivity index (χ0n) is 12.7. The Bertz CT molecular complexity index is 984. The van der Waals surface area contributed by atoms with Crippen molar-refractivity contribution in [2.75, 3.05) is 0 Å². The summed E-state index contributed by atoms with van der Waals surface area (Å²) in [5.74, 6) is 1.44. The summed E-state index contributed by atoms with van der Waals surface area (Å²) in [5, 5.41) is 1.90. The topological polar surface area (TPSA) is 31.0 Å². The fourth-order valence-corrected chi connectivity index (χ4v) is 2.95. The van der Waals surface area contributed by atoms with Gasteiger partial charge in [-0.1, -0.05) is 35.9 Å². The summed E-state index contributed by atoms with van der Waals surface area (Å²) in [6.07, 6.45) is 2.08. The van der Waals surface area contributed by atoms with E-state index in [-0.39, 0.29) is 0 Å². The predicted octanol–water partition coefficient (Wildman–Crippen LogP) is 5.31. The Labute approximate surface area is 139 Å². The summed E-state index contributed by atoms with van der Waals surface area (Å²) >= 11 is 6.05. The van der Waals surface area contributed by atoms with Crippen molar-refractivity contribution in [2.45, 2.75) is 13.5 Å². The number of hydrogen-bond donors (Lipinski definition) is 0. The van der Waals surface area contributed by atoms with Crippen LogP contribution < -0.4 is 0 Å². The van der Waals surface area contributed by atoms with Gasteiger partial charge in [0.1, 0.15) is 11.5 Å². The molecule has 0 spiro atoms. The normalized spacial score (nSPS) is 11.2. The number of nitrogens with zero attached hydrogens (tertiary/aromatic N) is 2.